The van der Waals surface area contributed by atoms with E-state index in [0.717, 1.165) is 0 Å². The number of ether oxygens (including phenoxy) is 6. The number of benzene rings is 3. The predicted molar refractivity (Wildman–Crippen MR) is 191 cm³/mol. The maximum Gasteiger partial charge on any atom is 0.258 e. The van der Waals surface area contributed by atoms with E-state index in [2.05, 4.69) is 31.1 Å². The van der Waals surface area contributed by atoms with E-state index in [0.29, 0.717) is 47.5 Å². The van der Waals surface area contributed by atoms with Gasteiger partial charge in [0, 0.05) is 39.8 Å². The molecule has 0 spiro atoms. The van der Waals surface area contributed by atoms with Gasteiger partial charge in [-0.1, -0.05) is 0 Å². The molecule has 278 valence electrons. The highest BCUT2D eigenvalue weighted by atomic mass is 16.6. The first kappa shape index (κ1) is 41.0. The zero-order valence-electron chi connectivity index (χ0n) is 29.9. The maximum absolute atomic E-state index is 12.9. The van der Waals surface area contributed by atoms with Gasteiger partial charge in [0.15, 0.2) is 11.6 Å². The molecule has 16 heteroatoms. The van der Waals surface area contributed by atoms with Crippen LogP contribution in [0.3, 0.4) is 0 Å². The molecule has 3 rings (SSSR count). The van der Waals surface area contributed by atoms with Crippen molar-refractivity contribution in [2.75, 3.05) is 65.5 Å². The van der Waals surface area contributed by atoms with Gasteiger partial charge in [-0.05, 0) is 86.6 Å². The first-order chi connectivity index (χ1) is 25.1. The van der Waals surface area contributed by atoms with E-state index in [-0.39, 0.29) is 25.4 Å². The average Bonchev–Trinajstić information content (AvgIpc) is 3.13. The zero-order chi connectivity index (χ0) is 37.9. The molecule has 0 heterocycles. The van der Waals surface area contributed by atoms with Crippen LogP contribution in [-0.2, 0) is 38.1 Å². The average molecular weight is 721 g/mol. The minimum absolute atomic E-state index is 0.226. The van der Waals surface area contributed by atoms with Gasteiger partial charge in [0.05, 0.1) is 24.6 Å². The third-order valence-corrected chi connectivity index (χ3v) is 7.18. The van der Waals surface area contributed by atoms with Gasteiger partial charge in [-0.25, -0.2) is 0 Å². The van der Waals surface area contributed by atoms with Crippen molar-refractivity contribution < 1.29 is 47.6 Å². The van der Waals surface area contributed by atoms with Crippen LogP contribution in [0.2, 0.25) is 0 Å². The van der Waals surface area contributed by atoms with Gasteiger partial charge in [-0.2, -0.15) is 20.5 Å². The summed E-state index contributed by atoms with van der Waals surface area (Å²) in [6.07, 6.45) is -0.453. The third-order valence-electron chi connectivity index (χ3n) is 7.18. The standard InChI is InChI=1S/C36H44N6O10/c1-23(43)33(41-39-27-11-15-29(16-12-27)51-21-31(49-5)19-47-3)35(45)37-25-7-9-26(10-8-25)38-36(46)34(24(2)44)42-40-28-13-17-30(18-14-28)52-22-32(50-6)20-48-4/h7-18,31-34H,19-22H2,1-6H3,(H,37,45)(H,38,46). The monoisotopic (exact) mass is 720 g/mol. The van der Waals surface area contributed by atoms with Crippen LogP contribution in [0.25, 0.3) is 0 Å². The summed E-state index contributed by atoms with van der Waals surface area (Å²) in [6.45, 7) is 3.82. The Labute approximate surface area is 301 Å². The molecule has 0 saturated carbocycles. The van der Waals surface area contributed by atoms with Crippen molar-refractivity contribution >= 4 is 46.1 Å². The Morgan fingerprint density at radius 2 is 0.885 bits per heavy atom. The number of methoxy groups -OCH3 is 4. The Morgan fingerprint density at radius 3 is 1.17 bits per heavy atom. The number of nitrogens with zero attached hydrogens (tertiary/aromatic N) is 4. The lowest BCUT2D eigenvalue weighted by Gasteiger charge is -2.15. The van der Waals surface area contributed by atoms with Crippen molar-refractivity contribution in [2.45, 2.75) is 38.1 Å². The number of azo groups is 2. The van der Waals surface area contributed by atoms with Crippen molar-refractivity contribution in [1.82, 2.24) is 0 Å². The molecule has 3 aromatic rings. The smallest absolute Gasteiger partial charge is 0.258 e. The number of amides is 2. The first-order valence-electron chi connectivity index (χ1n) is 16.1. The molecule has 3 aromatic carbocycles. The molecule has 0 saturated heterocycles. The van der Waals surface area contributed by atoms with Gasteiger partial charge in [-0.15, -0.1) is 0 Å². The number of hydrogen-bond acceptors (Lipinski definition) is 14. The topological polar surface area (TPSA) is 197 Å². The molecule has 2 amide bonds. The molecule has 0 bridgehead atoms. The largest absolute Gasteiger partial charge is 0.491 e. The minimum atomic E-state index is -1.40. The SMILES string of the molecule is COCC(COc1ccc(N=NC(C(C)=O)C(=O)Nc2ccc(NC(=O)C(N=Nc3ccc(OCC(COC)OC)cc3)C(C)=O)cc2)cc1)OC. The number of carbonyl (C=O) groups is 4. The summed E-state index contributed by atoms with van der Waals surface area (Å²) in [7, 11) is 6.29. The number of anilines is 2. The van der Waals surface area contributed by atoms with Gasteiger partial charge >= 0.3 is 0 Å². The summed E-state index contributed by atoms with van der Waals surface area (Å²) in [5, 5.41) is 21.2. The lowest BCUT2D eigenvalue weighted by molar-refractivity contribution is -0.127. The van der Waals surface area contributed by atoms with Gasteiger partial charge in [0.2, 0.25) is 12.1 Å². The van der Waals surface area contributed by atoms with Gasteiger partial charge in [0.1, 0.15) is 36.9 Å². The summed E-state index contributed by atoms with van der Waals surface area (Å²) < 4.78 is 32.1. The van der Waals surface area contributed by atoms with E-state index >= 15 is 0 Å². The second kappa shape index (κ2) is 21.7. The molecule has 0 aliphatic carbocycles. The van der Waals surface area contributed by atoms with E-state index in [1.807, 2.05) is 0 Å². The lowest BCUT2D eigenvalue weighted by atomic mass is 10.2. The van der Waals surface area contributed by atoms with Crippen LogP contribution in [0, 0.1) is 0 Å². The third kappa shape index (κ3) is 13.7. The number of nitrogens with one attached hydrogen (secondary N) is 2. The Kier molecular flexibility index (Phi) is 17.1. The molecule has 0 aromatic heterocycles. The first-order valence-corrected chi connectivity index (χ1v) is 16.1. The Morgan fingerprint density at radius 1 is 0.538 bits per heavy atom. The van der Waals surface area contributed by atoms with Gasteiger partial charge < -0.3 is 39.1 Å². The van der Waals surface area contributed by atoms with E-state index in [1.165, 1.54) is 38.1 Å². The number of carbonyl (C=O) groups excluding carboxylic acids is 4. The van der Waals surface area contributed by atoms with Gasteiger partial charge in [0.25, 0.3) is 11.8 Å². The minimum Gasteiger partial charge on any atom is -0.491 e. The van der Waals surface area contributed by atoms with Crippen LogP contribution in [0.5, 0.6) is 11.5 Å². The van der Waals surface area contributed by atoms with Crippen LogP contribution < -0.4 is 20.1 Å². The molecule has 16 nitrogen and oxygen atoms in total. The molecule has 0 radical (unpaired) electrons. The highest BCUT2D eigenvalue weighted by Gasteiger charge is 2.25. The number of ketones is 2. The van der Waals surface area contributed by atoms with E-state index in [9.17, 15) is 19.2 Å². The summed E-state index contributed by atoms with van der Waals surface area (Å²) >= 11 is 0. The van der Waals surface area contributed by atoms with Crippen LogP contribution in [0.4, 0.5) is 22.7 Å². The Balaban J connectivity index is 1.55. The van der Waals surface area contributed by atoms with Crippen molar-refractivity contribution in [3.8, 4) is 11.5 Å². The van der Waals surface area contributed by atoms with E-state index < -0.39 is 35.5 Å². The molecular weight excluding hydrogens is 676 g/mol. The highest BCUT2D eigenvalue weighted by molar-refractivity contribution is 6.11. The van der Waals surface area contributed by atoms with Gasteiger partial charge in [-0.3, -0.25) is 19.2 Å². The second-order valence-electron chi connectivity index (χ2n) is 11.2. The molecule has 4 unspecified atom stereocenters. The molecule has 0 aliphatic heterocycles. The van der Waals surface area contributed by atoms with Crippen LogP contribution in [-0.4, -0.2) is 103 Å². The summed E-state index contributed by atoms with van der Waals surface area (Å²) in [4.78, 5) is 50.3. The summed E-state index contributed by atoms with van der Waals surface area (Å²) in [5.41, 5.74) is 1.49. The molecule has 0 aliphatic rings. The summed E-state index contributed by atoms with van der Waals surface area (Å²) in [5.74, 6) is -1.27. The molecule has 4 atom stereocenters. The van der Waals surface area contributed by atoms with Crippen molar-refractivity contribution in [3.63, 3.8) is 0 Å². The quantitative estimate of drug-likeness (QED) is 0.104. The van der Waals surface area contributed by atoms with Crippen molar-refractivity contribution in [1.29, 1.82) is 0 Å². The number of rotatable bonds is 22. The fourth-order valence-electron chi connectivity index (χ4n) is 4.28. The van der Waals surface area contributed by atoms with E-state index in [4.69, 9.17) is 28.4 Å². The molecule has 2 N–H and O–H groups in total. The highest BCUT2D eigenvalue weighted by Crippen LogP contribution is 2.22. The Hall–Kier alpha value is -5.42. The lowest BCUT2D eigenvalue weighted by Crippen LogP contribution is -2.32. The normalized spacial score (nSPS) is 13.7. The predicted octanol–water partition coefficient (Wildman–Crippen LogP) is 5.13. The molecule has 52 heavy (non-hydrogen) atoms. The summed E-state index contributed by atoms with van der Waals surface area (Å²) in [6, 6.07) is 16.5. The van der Waals surface area contributed by atoms with Crippen molar-refractivity contribution in [2.24, 2.45) is 20.5 Å². The zero-order valence-corrected chi connectivity index (χ0v) is 29.9. The Bertz CT molecular complexity index is 1530. The number of Topliss-reactive ketones (excluding diaryl/α,β-unsaturated/α-hetero) is 2. The van der Waals surface area contributed by atoms with Crippen LogP contribution in [0.15, 0.2) is 93.3 Å². The van der Waals surface area contributed by atoms with Crippen molar-refractivity contribution in [3.05, 3.63) is 72.8 Å². The number of hydrogen-bond donors (Lipinski definition) is 2. The van der Waals surface area contributed by atoms with Crippen LogP contribution in [0.1, 0.15) is 13.8 Å². The fraction of sp³-hybridized carbons (Fsp3) is 0.389. The van der Waals surface area contributed by atoms with E-state index in [1.54, 1.807) is 77.0 Å². The second-order valence-corrected chi connectivity index (χ2v) is 11.2. The molecule has 0 fully saturated rings. The molecular formula is C36H44N6O10. The maximum atomic E-state index is 12.9. The fourth-order valence-corrected chi connectivity index (χ4v) is 4.28. The van der Waals surface area contributed by atoms with Crippen LogP contribution >= 0.6 is 0 Å².